The number of aromatic nitrogens is 1. The largest absolute Gasteiger partial charge is 0.334 e. The van der Waals surface area contributed by atoms with Crippen molar-refractivity contribution in [2.75, 3.05) is 11.6 Å². The van der Waals surface area contributed by atoms with E-state index in [1.807, 2.05) is 29.6 Å². The molecule has 1 heterocycles. The first-order valence-corrected chi connectivity index (χ1v) is 9.48. The Morgan fingerprint density at radius 3 is 2.73 bits per heavy atom. The van der Waals surface area contributed by atoms with Crippen LogP contribution in [0.1, 0.15) is 30.0 Å². The summed E-state index contributed by atoms with van der Waals surface area (Å²) in [6, 6.07) is 7.10. The molecule has 1 aliphatic rings. The quantitative estimate of drug-likeness (QED) is 0.882. The third-order valence-electron chi connectivity index (χ3n) is 3.45. The lowest BCUT2D eigenvalue weighted by molar-refractivity contribution is 0.251. The Hall–Kier alpha value is -1.73. The fourth-order valence-corrected chi connectivity index (χ4v) is 3.34. The van der Waals surface area contributed by atoms with Crippen LogP contribution in [-0.4, -0.2) is 21.5 Å². The Morgan fingerprint density at radius 2 is 2.09 bits per heavy atom. The molecular formula is C15H17N3O2S2. The van der Waals surface area contributed by atoms with Gasteiger partial charge in [0.25, 0.3) is 0 Å². The van der Waals surface area contributed by atoms with Crippen molar-refractivity contribution in [3.63, 3.8) is 0 Å². The molecule has 0 bridgehead atoms. The maximum absolute atomic E-state index is 11.9. The molecule has 0 unspecified atom stereocenters. The fourth-order valence-electron chi connectivity index (χ4n) is 2.03. The van der Waals surface area contributed by atoms with Gasteiger partial charge in [0, 0.05) is 39.8 Å². The van der Waals surface area contributed by atoms with Crippen LogP contribution in [0.3, 0.4) is 0 Å². The van der Waals surface area contributed by atoms with Crippen LogP contribution < -0.4 is 10.6 Å². The number of carbonyl (C=O) groups is 1. The molecule has 0 radical (unpaired) electrons. The van der Waals surface area contributed by atoms with Crippen molar-refractivity contribution in [1.82, 2.24) is 10.3 Å². The summed E-state index contributed by atoms with van der Waals surface area (Å²) in [6.45, 7) is 0.420. The van der Waals surface area contributed by atoms with E-state index in [0.29, 0.717) is 17.6 Å². The maximum atomic E-state index is 11.9. The summed E-state index contributed by atoms with van der Waals surface area (Å²) in [5, 5.41) is 8.19. The molecule has 1 aliphatic carbocycles. The third kappa shape index (κ3) is 3.92. The van der Waals surface area contributed by atoms with Crippen molar-refractivity contribution in [2.45, 2.75) is 30.2 Å². The summed E-state index contributed by atoms with van der Waals surface area (Å²) >= 11 is 1.46. The average molecular weight is 335 g/mol. The number of carbonyl (C=O) groups excluding carboxylic acids is 1. The van der Waals surface area contributed by atoms with Gasteiger partial charge in [0.05, 0.1) is 5.69 Å². The number of hydrogen-bond donors (Lipinski definition) is 2. The van der Waals surface area contributed by atoms with E-state index in [9.17, 15) is 9.00 Å². The lowest BCUT2D eigenvalue weighted by Gasteiger charge is -2.06. The Morgan fingerprint density at radius 1 is 1.36 bits per heavy atom. The number of benzene rings is 1. The molecule has 1 fully saturated rings. The summed E-state index contributed by atoms with van der Waals surface area (Å²) in [7, 11) is -0.980. The van der Waals surface area contributed by atoms with Crippen molar-refractivity contribution in [3.8, 4) is 0 Å². The van der Waals surface area contributed by atoms with Crippen LogP contribution in [-0.2, 0) is 17.3 Å². The van der Waals surface area contributed by atoms with E-state index < -0.39 is 10.8 Å². The number of rotatable bonds is 5. The van der Waals surface area contributed by atoms with Crippen LogP contribution in [0, 0.1) is 0 Å². The van der Waals surface area contributed by atoms with Gasteiger partial charge < -0.3 is 5.32 Å². The van der Waals surface area contributed by atoms with Crippen molar-refractivity contribution < 1.29 is 9.00 Å². The molecule has 0 saturated heterocycles. The van der Waals surface area contributed by atoms with E-state index in [1.54, 1.807) is 6.26 Å². The highest BCUT2D eigenvalue weighted by molar-refractivity contribution is 7.84. The summed E-state index contributed by atoms with van der Waals surface area (Å²) in [5.74, 6) is 0.595. The molecule has 2 aromatic rings. The van der Waals surface area contributed by atoms with Gasteiger partial charge in [-0.2, -0.15) is 0 Å². The van der Waals surface area contributed by atoms with Crippen molar-refractivity contribution in [1.29, 1.82) is 0 Å². The van der Waals surface area contributed by atoms with Crippen molar-refractivity contribution in [3.05, 3.63) is 40.9 Å². The van der Waals surface area contributed by atoms with Gasteiger partial charge in [-0.15, -0.1) is 11.3 Å². The predicted molar refractivity (Wildman–Crippen MR) is 88.7 cm³/mol. The Labute approximate surface area is 135 Å². The minimum atomic E-state index is -0.980. The number of amides is 2. The molecule has 116 valence electrons. The highest BCUT2D eigenvalue weighted by atomic mass is 32.2. The molecule has 1 aromatic heterocycles. The van der Waals surface area contributed by atoms with E-state index in [0.717, 1.165) is 16.2 Å². The highest BCUT2D eigenvalue weighted by Gasteiger charge is 2.26. The van der Waals surface area contributed by atoms with Gasteiger partial charge >= 0.3 is 6.03 Å². The molecule has 2 amide bonds. The van der Waals surface area contributed by atoms with Crippen molar-refractivity contribution in [2.24, 2.45) is 0 Å². The number of hydrogen-bond acceptors (Lipinski definition) is 4. The van der Waals surface area contributed by atoms with Crippen LogP contribution in [0.15, 0.2) is 34.5 Å². The van der Waals surface area contributed by atoms with E-state index >= 15 is 0 Å². The van der Waals surface area contributed by atoms with Crippen molar-refractivity contribution >= 4 is 33.3 Å². The second kappa shape index (κ2) is 6.58. The normalized spacial score (nSPS) is 15.3. The minimum Gasteiger partial charge on any atom is -0.334 e. The molecule has 2 N–H and O–H groups in total. The smallest absolute Gasteiger partial charge is 0.321 e. The number of thiazole rings is 1. The molecular weight excluding hydrogens is 318 g/mol. The van der Waals surface area contributed by atoms with Crippen LogP contribution >= 0.6 is 11.3 Å². The topological polar surface area (TPSA) is 71.1 Å². The second-order valence-electron chi connectivity index (χ2n) is 5.26. The monoisotopic (exact) mass is 335 g/mol. The lowest BCUT2D eigenvalue weighted by atomic mass is 10.2. The first kappa shape index (κ1) is 15.2. The third-order valence-corrected chi connectivity index (χ3v) is 5.16. The van der Waals surface area contributed by atoms with E-state index in [2.05, 4.69) is 15.6 Å². The molecule has 5 nitrogen and oxygen atoms in total. The fraction of sp³-hybridized carbons (Fsp3) is 0.333. The summed E-state index contributed by atoms with van der Waals surface area (Å²) in [5.41, 5.74) is 2.05. The molecule has 3 rings (SSSR count). The maximum Gasteiger partial charge on any atom is 0.321 e. The Kier molecular flexibility index (Phi) is 4.54. The van der Waals surface area contributed by atoms with Gasteiger partial charge in [0.2, 0.25) is 0 Å². The van der Waals surface area contributed by atoms with Crippen LogP contribution in [0.25, 0.3) is 0 Å². The molecule has 1 aromatic carbocycles. The molecule has 1 saturated carbocycles. The molecule has 22 heavy (non-hydrogen) atoms. The van der Waals surface area contributed by atoms with Gasteiger partial charge in [-0.25, -0.2) is 9.78 Å². The molecule has 7 heteroatoms. The average Bonchev–Trinajstić information content (AvgIpc) is 3.26. The second-order valence-corrected chi connectivity index (χ2v) is 7.50. The van der Waals surface area contributed by atoms with E-state index in [1.165, 1.54) is 24.2 Å². The number of nitrogens with one attached hydrogen (secondary N) is 2. The molecule has 1 atom stereocenters. The molecule has 0 spiro atoms. The number of urea groups is 1. The first-order valence-electron chi connectivity index (χ1n) is 7.04. The predicted octanol–water partition coefficient (Wildman–Crippen LogP) is 3.08. The summed E-state index contributed by atoms with van der Waals surface area (Å²) in [4.78, 5) is 17.0. The van der Waals surface area contributed by atoms with Crippen LogP contribution in [0.4, 0.5) is 9.93 Å². The summed E-state index contributed by atoms with van der Waals surface area (Å²) in [6.07, 6.45) is 4.05. The van der Waals surface area contributed by atoms with Gasteiger partial charge in [-0.1, -0.05) is 12.1 Å². The highest BCUT2D eigenvalue weighted by Crippen LogP contribution is 2.40. The van der Waals surface area contributed by atoms with Crippen LogP contribution in [0.5, 0.6) is 0 Å². The summed E-state index contributed by atoms with van der Waals surface area (Å²) < 4.78 is 11.3. The van der Waals surface area contributed by atoms with Crippen LogP contribution in [0.2, 0.25) is 0 Å². The number of nitrogens with zero attached hydrogens (tertiary/aromatic N) is 1. The minimum absolute atomic E-state index is 0.264. The zero-order valence-corrected chi connectivity index (χ0v) is 13.8. The lowest BCUT2D eigenvalue weighted by Crippen LogP contribution is -2.28. The van der Waals surface area contributed by atoms with Gasteiger partial charge in [0.15, 0.2) is 5.13 Å². The van der Waals surface area contributed by atoms with Gasteiger partial charge in [-0.3, -0.25) is 9.53 Å². The zero-order chi connectivity index (χ0) is 15.5. The first-order chi connectivity index (χ1) is 10.6. The van der Waals surface area contributed by atoms with E-state index in [-0.39, 0.29) is 6.03 Å². The zero-order valence-electron chi connectivity index (χ0n) is 12.2. The SMILES string of the molecule is C[S@](=O)c1ccc(CNC(=O)Nc2nc(C3CC3)cs2)cc1. The molecule has 0 aliphatic heterocycles. The Bertz CT molecular complexity index is 693. The Balaban J connectivity index is 1.49. The number of anilines is 1. The standard InChI is InChI=1S/C15H17N3O2S2/c1-22(20)12-6-2-10(3-7-12)8-16-14(19)18-15-17-13(9-21-15)11-4-5-11/h2-3,6-7,9,11H,4-5,8H2,1H3,(H2,16,17,18,19)/t22-/m0/s1. The van der Waals surface area contributed by atoms with E-state index in [4.69, 9.17) is 0 Å². The van der Waals surface area contributed by atoms with Gasteiger partial charge in [0.1, 0.15) is 0 Å². The van der Waals surface area contributed by atoms with Gasteiger partial charge in [-0.05, 0) is 30.5 Å².